The summed E-state index contributed by atoms with van der Waals surface area (Å²) in [7, 11) is 0. The first-order valence-corrected chi connectivity index (χ1v) is 4.61. The fraction of sp³-hybridized carbons (Fsp3) is 0.700. The third-order valence-electron chi connectivity index (χ3n) is 1.79. The Morgan fingerprint density at radius 1 is 1.46 bits per heavy atom. The van der Waals surface area contributed by atoms with Crippen LogP contribution in [0.1, 0.15) is 26.6 Å². The summed E-state index contributed by atoms with van der Waals surface area (Å²) in [6, 6.07) is 0. The molecule has 0 N–H and O–H groups in total. The number of aromatic nitrogens is 2. The minimum atomic E-state index is -0.0471. The molecule has 0 saturated heterocycles. The molecule has 0 saturated carbocycles. The van der Waals surface area contributed by atoms with Crippen LogP contribution in [0, 0.1) is 6.92 Å². The summed E-state index contributed by atoms with van der Waals surface area (Å²) in [6.07, 6.45) is 3.79. The van der Waals surface area contributed by atoms with Crippen molar-refractivity contribution in [2.75, 3.05) is 6.61 Å². The van der Waals surface area contributed by atoms with Crippen molar-refractivity contribution in [3.63, 3.8) is 0 Å². The highest BCUT2D eigenvalue weighted by molar-refractivity contribution is 4.88. The fourth-order valence-electron chi connectivity index (χ4n) is 1.09. The molecule has 0 aliphatic carbocycles. The number of hydrogen-bond acceptors (Lipinski definition) is 2. The lowest BCUT2D eigenvalue weighted by atomic mass is 10.2. The van der Waals surface area contributed by atoms with E-state index in [1.54, 1.807) is 0 Å². The molecule has 3 heteroatoms. The van der Waals surface area contributed by atoms with Gasteiger partial charge in [-0.25, -0.2) is 4.98 Å². The Morgan fingerprint density at radius 2 is 2.15 bits per heavy atom. The topological polar surface area (TPSA) is 27.1 Å². The van der Waals surface area contributed by atoms with Crippen LogP contribution in [0.5, 0.6) is 0 Å². The molecule has 1 aromatic rings. The van der Waals surface area contributed by atoms with Gasteiger partial charge >= 0.3 is 0 Å². The largest absolute Gasteiger partial charge is 0.374 e. The van der Waals surface area contributed by atoms with Gasteiger partial charge in [-0.05, 0) is 27.7 Å². The van der Waals surface area contributed by atoms with E-state index in [9.17, 15) is 0 Å². The number of nitrogens with zero attached hydrogens (tertiary/aromatic N) is 2. The first-order valence-electron chi connectivity index (χ1n) is 4.61. The van der Waals surface area contributed by atoms with E-state index in [1.165, 1.54) is 0 Å². The normalized spacial score (nSPS) is 12.0. The molecule has 0 atom stereocenters. The molecule has 3 nitrogen and oxygen atoms in total. The number of ether oxygens (including phenoxy) is 1. The Hall–Kier alpha value is -0.830. The maximum Gasteiger partial charge on any atom is 0.105 e. The van der Waals surface area contributed by atoms with E-state index >= 15 is 0 Å². The Morgan fingerprint density at radius 3 is 2.62 bits per heavy atom. The molecule has 74 valence electrons. The van der Waals surface area contributed by atoms with E-state index in [-0.39, 0.29) is 5.60 Å². The zero-order valence-electron chi connectivity index (χ0n) is 8.87. The van der Waals surface area contributed by atoms with Crippen LogP contribution in [0.25, 0.3) is 0 Å². The summed E-state index contributed by atoms with van der Waals surface area (Å²) in [5.74, 6) is 1.04. The van der Waals surface area contributed by atoms with Gasteiger partial charge in [0.05, 0.1) is 12.2 Å². The molecule has 0 amide bonds. The average Bonchev–Trinajstić information content (AvgIpc) is 2.34. The molecule has 13 heavy (non-hydrogen) atoms. The summed E-state index contributed by atoms with van der Waals surface area (Å²) in [6.45, 7) is 9.80. The van der Waals surface area contributed by atoms with Gasteiger partial charge in [0.2, 0.25) is 0 Å². The van der Waals surface area contributed by atoms with Crippen molar-refractivity contribution in [1.29, 1.82) is 0 Å². The third-order valence-corrected chi connectivity index (χ3v) is 1.79. The summed E-state index contributed by atoms with van der Waals surface area (Å²) < 4.78 is 7.70. The molecule has 0 fully saturated rings. The van der Waals surface area contributed by atoms with Crippen LogP contribution >= 0.6 is 0 Å². The van der Waals surface area contributed by atoms with E-state index in [4.69, 9.17) is 4.74 Å². The molecule has 1 heterocycles. The molecule has 1 aromatic heterocycles. The average molecular weight is 182 g/mol. The van der Waals surface area contributed by atoms with Crippen molar-refractivity contribution >= 4 is 0 Å². The minimum absolute atomic E-state index is 0.0471. The third kappa shape index (κ3) is 3.59. The monoisotopic (exact) mass is 182 g/mol. The zero-order chi connectivity index (χ0) is 9.90. The number of rotatable bonds is 3. The minimum Gasteiger partial charge on any atom is -0.374 e. The van der Waals surface area contributed by atoms with Crippen LogP contribution < -0.4 is 0 Å². The Balaban J connectivity index is 2.32. The van der Waals surface area contributed by atoms with Crippen molar-refractivity contribution in [2.45, 2.75) is 39.8 Å². The van der Waals surface area contributed by atoms with Crippen molar-refractivity contribution in [3.8, 4) is 0 Å². The van der Waals surface area contributed by atoms with E-state index in [2.05, 4.69) is 30.3 Å². The van der Waals surface area contributed by atoms with E-state index in [0.29, 0.717) is 0 Å². The molecular weight excluding hydrogens is 164 g/mol. The smallest absolute Gasteiger partial charge is 0.105 e. The second kappa shape index (κ2) is 3.92. The highest BCUT2D eigenvalue weighted by Gasteiger charge is 2.09. The van der Waals surface area contributed by atoms with Crippen LogP contribution in [0.3, 0.4) is 0 Å². The molecule has 0 radical (unpaired) electrons. The standard InChI is InChI=1S/C10H18N2O/c1-9-11-5-6-12(9)7-8-13-10(2,3)4/h5-6H,7-8H2,1-4H3. The van der Waals surface area contributed by atoms with Gasteiger partial charge in [0.15, 0.2) is 0 Å². The number of aryl methyl sites for hydroxylation is 1. The first-order chi connectivity index (χ1) is 5.99. The van der Waals surface area contributed by atoms with Gasteiger partial charge in [-0.2, -0.15) is 0 Å². The van der Waals surface area contributed by atoms with Crippen LogP contribution in [0.2, 0.25) is 0 Å². The SMILES string of the molecule is Cc1nccn1CCOC(C)(C)C. The van der Waals surface area contributed by atoms with Gasteiger partial charge in [-0.1, -0.05) is 0 Å². The first kappa shape index (κ1) is 10.3. The van der Waals surface area contributed by atoms with E-state index in [0.717, 1.165) is 19.0 Å². The van der Waals surface area contributed by atoms with Gasteiger partial charge in [-0.3, -0.25) is 0 Å². The zero-order valence-corrected chi connectivity index (χ0v) is 8.87. The predicted molar refractivity (Wildman–Crippen MR) is 52.7 cm³/mol. The van der Waals surface area contributed by atoms with Crippen LogP contribution in [-0.4, -0.2) is 21.8 Å². The lowest BCUT2D eigenvalue weighted by molar-refractivity contribution is -0.00700. The fourth-order valence-corrected chi connectivity index (χ4v) is 1.09. The van der Waals surface area contributed by atoms with Crippen LogP contribution in [0.15, 0.2) is 12.4 Å². The van der Waals surface area contributed by atoms with Gasteiger partial charge < -0.3 is 9.30 Å². The maximum absolute atomic E-state index is 5.61. The molecule has 0 bridgehead atoms. The highest BCUT2D eigenvalue weighted by Crippen LogP contribution is 2.06. The lowest BCUT2D eigenvalue weighted by Crippen LogP contribution is -2.22. The molecule has 0 aromatic carbocycles. The molecule has 0 spiro atoms. The quantitative estimate of drug-likeness (QED) is 0.715. The van der Waals surface area contributed by atoms with Crippen molar-refractivity contribution < 1.29 is 4.74 Å². The summed E-state index contributed by atoms with van der Waals surface area (Å²) >= 11 is 0. The van der Waals surface area contributed by atoms with E-state index < -0.39 is 0 Å². The highest BCUT2D eigenvalue weighted by atomic mass is 16.5. The molecule has 0 aliphatic rings. The van der Waals surface area contributed by atoms with Crippen LogP contribution in [-0.2, 0) is 11.3 Å². The van der Waals surface area contributed by atoms with Crippen molar-refractivity contribution in [1.82, 2.24) is 9.55 Å². The Bertz CT molecular complexity index is 260. The summed E-state index contributed by atoms with van der Waals surface area (Å²) in [4.78, 5) is 4.14. The molecular formula is C10H18N2O. The Labute approximate surface area is 79.7 Å². The molecule has 1 rings (SSSR count). The van der Waals surface area contributed by atoms with Crippen molar-refractivity contribution in [2.24, 2.45) is 0 Å². The van der Waals surface area contributed by atoms with Crippen LogP contribution in [0.4, 0.5) is 0 Å². The van der Waals surface area contributed by atoms with Gasteiger partial charge in [0.1, 0.15) is 5.82 Å². The van der Waals surface area contributed by atoms with Gasteiger partial charge in [-0.15, -0.1) is 0 Å². The second-order valence-electron chi connectivity index (χ2n) is 4.13. The lowest BCUT2D eigenvalue weighted by Gasteiger charge is -2.19. The van der Waals surface area contributed by atoms with Gasteiger partial charge in [0.25, 0.3) is 0 Å². The molecule has 0 unspecified atom stereocenters. The second-order valence-corrected chi connectivity index (χ2v) is 4.13. The maximum atomic E-state index is 5.61. The summed E-state index contributed by atoms with van der Waals surface area (Å²) in [5.41, 5.74) is -0.0471. The summed E-state index contributed by atoms with van der Waals surface area (Å²) in [5, 5.41) is 0. The number of imidazole rings is 1. The number of hydrogen-bond donors (Lipinski definition) is 0. The van der Waals surface area contributed by atoms with Gasteiger partial charge in [0, 0.05) is 18.9 Å². The Kier molecular flexibility index (Phi) is 3.09. The van der Waals surface area contributed by atoms with E-state index in [1.807, 2.05) is 19.3 Å². The van der Waals surface area contributed by atoms with Crippen molar-refractivity contribution in [3.05, 3.63) is 18.2 Å². The molecule has 0 aliphatic heterocycles. The predicted octanol–water partition coefficient (Wildman–Crippen LogP) is 2.01.